The van der Waals surface area contributed by atoms with Crippen LogP contribution in [0, 0.1) is 13.8 Å². The number of hydrogen-bond acceptors (Lipinski definition) is 7. The number of H-pyrrole nitrogens is 1. The minimum absolute atomic E-state index is 0.0285. The first kappa shape index (κ1) is 16.3. The number of aromatic amines is 1. The van der Waals surface area contributed by atoms with Gasteiger partial charge in [-0.1, -0.05) is 0 Å². The highest BCUT2D eigenvalue weighted by molar-refractivity contribution is 5.72. The highest BCUT2D eigenvalue weighted by atomic mass is 16.3. The normalized spacial score (nSPS) is 10.8. The van der Waals surface area contributed by atoms with Gasteiger partial charge in [0.25, 0.3) is 0 Å². The second kappa shape index (κ2) is 5.82. The Hall–Kier alpha value is -3.55. The molecule has 0 saturated carbocycles. The molecule has 3 rings (SSSR count). The predicted octanol–water partition coefficient (Wildman–Crippen LogP) is 1.94. The van der Waals surface area contributed by atoms with Crippen molar-refractivity contribution in [2.45, 2.75) is 13.8 Å². The third-order valence-electron chi connectivity index (χ3n) is 3.95. The largest absolute Gasteiger partial charge is 0.508 e. The van der Waals surface area contributed by atoms with Crippen LogP contribution in [0.3, 0.4) is 0 Å². The molecule has 0 unspecified atom stereocenters. The van der Waals surface area contributed by atoms with Crippen LogP contribution in [0.4, 0.5) is 0 Å². The molecule has 3 aromatic rings. The molecule has 0 amide bonds. The molecule has 2 aromatic carbocycles. The van der Waals surface area contributed by atoms with Crippen molar-refractivity contribution in [3.05, 3.63) is 45.9 Å². The molecule has 0 bridgehead atoms. The Morgan fingerprint density at radius 1 is 0.800 bits per heavy atom. The zero-order valence-corrected chi connectivity index (χ0v) is 13.4. The Bertz CT molecular complexity index is 964. The summed E-state index contributed by atoms with van der Waals surface area (Å²) in [4.78, 5) is 22.3. The summed E-state index contributed by atoms with van der Waals surface area (Å²) in [7, 11) is 0. The number of aromatic nitrogens is 3. The summed E-state index contributed by atoms with van der Waals surface area (Å²) in [5, 5.41) is 39.6. The molecule has 0 spiro atoms. The summed E-state index contributed by atoms with van der Waals surface area (Å²) in [6.07, 6.45) is 0. The highest BCUT2D eigenvalue weighted by Gasteiger charge is 2.17. The first-order valence-corrected chi connectivity index (χ1v) is 7.31. The maximum Gasteiger partial charge on any atom is 0.348 e. The Balaban J connectivity index is 2.23. The minimum Gasteiger partial charge on any atom is -0.508 e. The summed E-state index contributed by atoms with van der Waals surface area (Å²) in [6, 6.07) is 5.52. The van der Waals surface area contributed by atoms with Crippen LogP contribution < -0.4 is 5.69 Å². The van der Waals surface area contributed by atoms with Gasteiger partial charge in [0.2, 0.25) is 0 Å². The SMILES string of the molecule is Cc1c(O)ccc(-c2nc(-c3ccc(O)c(C)c3O)[nH]c(=O)n2)c1O. The van der Waals surface area contributed by atoms with E-state index in [-0.39, 0.29) is 56.9 Å². The fourth-order valence-electron chi connectivity index (χ4n) is 2.38. The van der Waals surface area contributed by atoms with E-state index in [1.807, 2.05) is 0 Å². The first-order valence-electron chi connectivity index (χ1n) is 7.31. The van der Waals surface area contributed by atoms with Crippen molar-refractivity contribution in [3.63, 3.8) is 0 Å². The minimum atomic E-state index is -0.727. The Morgan fingerprint density at radius 3 is 1.92 bits per heavy atom. The third-order valence-corrected chi connectivity index (χ3v) is 3.95. The van der Waals surface area contributed by atoms with E-state index in [0.29, 0.717) is 0 Å². The van der Waals surface area contributed by atoms with E-state index >= 15 is 0 Å². The quantitative estimate of drug-likeness (QED) is 0.480. The summed E-state index contributed by atoms with van der Waals surface area (Å²) in [5.74, 6) is -0.706. The van der Waals surface area contributed by atoms with Gasteiger partial charge >= 0.3 is 5.69 Å². The van der Waals surface area contributed by atoms with E-state index in [1.165, 1.54) is 38.1 Å². The maximum atomic E-state index is 11.9. The van der Waals surface area contributed by atoms with Crippen molar-refractivity contribution >= 4 is 0 Å². The predicted molar refractivity (Wildman–Crippen MR) is 89.7 cm³/mol. The summed E-state index contributed by atoms with van der Waals surface area (Å²) >= 11 is 0. The van der Waals surface area contributed by atoms with Gasteiger partial charge in [-0.2, -0.15) is 4.98 Å². The second-order valence-corrected chi connectivity index (χ2v) is 5.54. The fourth-order valence-corrected chi connectivity index (χ4v) is 2.38. The van der Waals surface area contributed by atoms with Crippen molar-refractivity contribution in [1.29, 1.82) is 0 Å². The summed E-state index contributed by atoms with van der Waals surface area (Å²) in [5.41, 5.74) is 0.104. The maximum absolute atomic E-state index is 11.9. The van der Waals surface area contributed by atoms with Gasteiger partial charge in [-0.25, -0.2) is 9.78 Å². The zero-order chi connectivity index (χ0) is 18.3. The summed E-state index contributed by atoms with van der Waals surface area (Å²) in [6.45, 7) is 3.03. The van der Waals surface area contributed by atoms with Gasteiger partial charge < -0.3 is 20.4 Å². The lowest BCUT2D eigenvalue weighted by atomic mass is 10.1. The van der Waals surface area contributed by atoms with Gasteiger partial charge in [-0.3, -0.25) is 4.98 Å². The Labute approximate surface area is 141 Å². The van der Waals surface area contributed by atoms with Crippen LogP contribution in [0.2, 0.25) is 0 Å². The molecule has 0 atom stereocenters. The number of nitrogens with zero attached hydrogens (tertiary/aromatic N) is 2. The molecule has 8 heteroatoms. The van der Waals surface area contributed by atoms with Gasteiger partial charge in [0.05, 0.1) is 11.1 Å². The van der Waals surface area contributed by atoms with Crippen LogP contribution in [0.15, 0.2) is 29.1 Å². The van der Waals surface area contributed by atoms with E-state index in [9.17, 15) is 25.2 Å². The number of rotatable bonds is 2. The van der Waals surface area contributed by atoms with E-state index < -0.39 is 5.69 Å². The molecule has 0 fully saturated rings. The molecule has 0 aliphatic rings. The topological polar surface area (TPSA) is 140 Å². The van der Waals surface area contributed by atoms with Crippen molar-refractivity contribution in [3.8, 4) is 45.8 Å². The van der Waals surface area contributed by atoms with E-state index in [0.717, 1.165) is 0 Å². The molecular formula is C17H15N3O5. The monoisotopic (exact) mass is 341 g/mol. The van der Waals surface area contributed by atoms with E-state index in [2.05, 4.69) is 15.0 Å². The van der Waals surface area contributed by atoms with Gasteiger partial charge in [0.1, 0.15) is 28.8 Å². The van der Waals surface area contributed by atoms with Gasteiger partial charge in [0.15, 0.2) is 5.82 Å². The van der Waals surface area contributed by atoms with Crippen molar-refractivity contribution < 1.29 is 20.4 Å². The van der Waals surface area contributed by atoms with Crippen LogP contribution in [-0.2, 0) is 0 Å². The molecule has 5 N–H and O–H groups in total. The van der Waals surface area contributed by atoms with Gasteiger partial charge in [-0.15, -0.1) is 0 Å². The number of aromatic hydroxyl groups is 4. The fraction of sp³-hybridized carbons (Fsp3) is 0.118. The van der Waals surface area contributed by atoms with Gasteiger partial charge in [-0.05, 0) is 38.1 Å². The van der Waals surface area contributed by atoms with Crippen LogP contribution in [0.5, 0.6) is 23.0 Å². The highest BCUT2D eigenvalue weighted by Crippen LogP contribution is 2.37. The van der Waals surface area contributed by atoms with Crippen molar-refractivity contribution in [2.75, 3.05) is 0 Å². The number of hydrogen-bond donors (Lipinski definition) is 5. The molecule has 0 radical (unpaired) electrons. The lowest BCUT2D eigenvalue weighted by Gasteiger charge is -2.10. The molecular weight excluding hydrogens is 326 g/mol. The standard InChI is InChI=1S/C17H15N3O5/c1-7-11(21)5-3-9(13(7)23)15-18-16(20-17(25)19-15)10-4-6-12(22)8(2)14(10)24/h3-6,21-24H,1-2H3,(H,18,19,20,25). The molecule has 25 heavy (non-hydrogen) atoms. The number of phenols is 4. The van der Waals surface area contributed by atoms with E-state index in [1.54, 1.807) is 0 Å². The second-order valence-electron chi connectivity index (χ2n) is 5.54. The van der Waals surface area contributed by atoms with Crippen LogP contribution in [0.25, 0.3) is 22.8 Å². The lowest BCUT2D eigenvalue weighted by molar-refractivity contribution is 0.443. The Kier molecular flexibility index (Phi) is 3.80. The number of benzene rings is 2. The van der Waals surface area contributed by atoms with Crippen molar-refractivity contribution in [1.82, 2.24) is 15.0 Å². The van der Waals surface area contributed by atoms with Crippen LogP contribution in [-0.4, -0.2) is 35.4 Å². The molecule has 0 aliphatic carbocycles. The zero-order valence-electron chi connectivity index (χ0n) is 13.4. The van der Waals surface area contributed by atoms with E-state index in [4.69, 9.17) is 0 Å². The molecule has 0 aliphatic heterocycles. The number of phenolic OH excluding ortho intramolecular Hbond substituents is 4. The average Bonchev–Trinajstić information content (AvgIpc) is 2.57. The summed E-state index contributed by atoms with van der Waals surface area (Å²) < 4.78 is 0. The molecule has 0 saturated heterocycles. The molecule has 128 valence electrons. The molecule has 1 heterocycles. The first-order chi connectivity index (χ1) is 11.8. The lowest BCUT2D eigenvalue weighted by Crippen LogP contribution is -2.14. The molecule has 1 aromatic heterocycles. The van der Waals surface area contributed by atoms with Crippen LogP contribution in [0.1, 0.15) is 11.1 Å². The van der Waals surface area contributed by atoms with Crippen LogP contribution >= 0.6 is 0 Å². The van der Waals surface area contributed by atoms with Gasteiger partial charge in [0, 0.05) is 11.1 Å². The average molecular weight is 341 g/mol. The smallest absolute Gasteiger partial charge is 0.348 e. The third kappa shape index (κ3) is 2.74. The Morgan fingerprint density at radius 2 is 1.32 bits per heavy atom. The molecule has 8 nitrogen and oxygen atoms in total. The van der Waals surface area contributed by atoms with Crippen molar-refractivity contribution in [2.24, 2.45) is 0 Å². The number of nitrogens with one attached hydrogen (secondary N) is 1.